The van der Waals surface area contributed by atoms with Gasteiger partial charge in [-0.05, 0) is 12.8 Å². The summed E-state index contributed by atoms with van der Waals surface area (Å²) in [6, 6.07) is 2.06. The highest BCUT2D eigenvalue weighted by Gasteiger charge is 2.14. The minimum Gasteiger partial charge on any atom is -0.422 e. The Kier molecular flexibility index (Phi) is 7.08. The molecular formula is C6H11Cl2NOSi. The minimum atomic E-state index is -0.466. The van der Waals surface area contributed by atoms with Crippen molar-refractivity contribution in [2.45, 2.75) is 30.2 Å². The Morgan fingerprint density at radius 2 is 2.18 bits per heavy atom. The number of nitrogens with zero attached hydrogens (tertiary/aromatic N) is 1. The van der Waals surface area contributed by atoms with Gasteiger partial charge in [0.05, 0.1) is 12.2 Å². The van der Waals surface area contributed by atoms with E-state index in [4.69, 9.17) is 32.9 Å². The van der Waals surface area contributed by atoms with Crippen molar-refractivity contribution in [1.82, 2.24) is 0 Å². The first-order chi connectivity index (χ1) is 5.22. The molecule has 0 aromatic rings. The van der Waals surface area contributed by atoms with Crippen LogP contribution in [-0.2, 0) is 4.43 Å². The zero-order valence-electron chi connectivity index (χ0n) is 6.39. The van der Waals surface area contributed by atoms with E-state index >= 15 is 0 Å². The van der Waals surface area contributed by atoms with Crippen LogP contribution in [0.15, 0.2) is 0 Å². The number of halogens is 2. The number of hydrogen-bond donors (Lipinski definition) is 0. The molecule has 0 aliphatic carbocycles. The fraction of sp³-hybridized carbons (Fsp3) is 0.833. The summed E-state index contributed by atoms with van der Waals surface area (Å²) < 4.78 is 5.12. The van der Waals surface area contributed by atoms with Gasteiger partial charge in [0, 0.05) is 6.42 Å². The third-order valence-electron chi connectivity index (χ3n) is 1.36. The predicted molar refractivity (Wildman–Crippen MR) is 49.8 cm³/mol. The van der Waals surface area contributed by atoms with Crippen molar-refractivity contribution < 1.29 is 4.43 Å². The Bertz CT molecular complexity index is 137. The topological polar surface area (TPSA) is 33.0 Å². The Morgan fingerprint density at radius 1 is 1.55 bits per heavy atom. The maximum atomic E-state index is 8.24. The van der Waals surface area contributed by atoms with Crippen molar-refractivity contribution in [2.24, 2.45) is 0 Å². The summed E-state index contributed by atoms with van der Waals surface area (Å²) in [5.74, 6) is 0. The van der Waals surface area contributed by atoms with Gasteiger partial charge in [0.15, 0.2) is 0 Å². The van der Waals surface area contributed by atoms with E-state index in [1.165, 1.54) is 0 Å². The van der Waals surface area contributed by atoms with Crippen LogP contribution in [0.5, 0.6) is 0 Å². The number of rotatable bonds is 5. The van der Waals surface area contributed by atoms with Crippen LogP contribution >= 0.6 is 23.2 Å². The second-order valence-electron chi connectivity index (χ2n) is 2.16. The summed E-state index contributed by atoms with van der Waals surface area (Å²) in [7, 11) is 0.637. The molecule has 0 aromatic carbocycles. The maximum Gasteiger partial charge on any atom is 0.146 e. The average Bonchev–Trinajstić information content (AvgIpc) is 1.97. The lowest BCUT2D eigenvalue weighted by molar-refractivity contribution is 0.222. The van der Waals surface area contributed by atoms with Gasteiger partial charge < -0.3 is 4.43 Å². The van der Waals surface area contributed by atoms with Crippen LogP contribution in [0.3, 0.4) is 0 Å². The van der Waals surface area contributed by atoms with E-state index in [9.17, 15) is 0 Å². The molecule has 0 bridgehead atoms. The Morgan fingerprint density at radius 3 is 2.55 bits per heavy atom. The van der Waals surface area contributed by atoms with Gasteiger partial charge in [-0.15, -0.1) is 23.2 Å². The Labute approximate surface area is 80.0 Å². The molecule has 5 heteroatoms. The molecule has 0 radical (unpaired) electrons. The quantitative estimate of drug-likeness (QED) is 0.389. The molecule has 0 aromatic heterocycles. The molecule has 0 aliphatic heterocycles. The smallest absolute Gasteiger partial charge is 0.146 e. The number of nitriles is 1. The van der Waals surface area contributed by atoms with Crippen LogP contribution < -0.4 is 0 Å². The highest BCUT2D eigenvalue weighted by molar-refractivity contribution is 6.44. The van der Waals surface area contributed by atoms with Crippen LogP contribution in [0.25, 0.3) is 0 Å². The number of hydrogen-bond acceptors (Lipinski definition) is 2. The molecule has 11 heavy (non-hydrogen) atoms. The van der Waals surface area contributed by atoms with Gasteiger partial charge in [-0.2, -0.15) is 5.26 Å². The summed E-state index contributed by atoms with van der Waals surface area (Å²) in [5.41, 5.74) is 0. The minimum absolute atomic E-state index is 0.0849. The van der Waals surface area contributed by atoms with Crippen molar-refractivity contribution in [3.63, 3.8) is 0 Å². The molecular weight excluding hydrogens is 201 g/mol. The summed E-state index contributed by atoms with van der Waals surface area (Å²) in [6.07, 6.45) is 2.04. The van der Waals surface area contributed by atoms with Gasteiger partial charge in [-0.25, -0.2) is 0 Å². The van der Waals surface area contributed by atoms with Crippen LogP contribution in [0.2, 0.25) is 0 Å². The first kappa shape index (κ1) is 11.2. The molecule has 64 valence electrons. The first-order valence-corrected chi connectivity index (χ1v) is 5.09. The molecule has 0 fully saturated rings. The molecule has 0 rings (SSSR count). The van der Waals surface area contributed by atoms with Crippen molar-refractivity contribution in [2.75, 3.05) is 0 Å². The molecule has 1 unspecified atom stereocenters. The third kappa shape index (κ3) is 5.51. The highest BCUT2D eigenvalue weighted by Crippen LogP contribution is 2.16. The summed E-state index contributed by atoms with van der Waals surface area (Å²) in [4.78, 5) is -0.466. The lowest BCUT2D eigenvalue weighted by Gasteiger charge is -2.15. The van der Waals surface area contributed by atoms with Crippen LogP contribution in [-0.4, -0.2) is 21.4 Å². The molecule has 0 amide bonds. The standard InChI is InChI=1S/C6H11Cl2NOSi/c7-6(8)5(10-11)3-1-2-4-9/h5-6H,1-3H2,11H3. The van der Waals surface area contributed by atoms with Crippen molar-refractivity contribution in [3.8, 4) is 6.07 Å². The Balaban J connectivity index is 3.46. The normalized spacial score (nSPS) is 13.3. The van der Waals surface area contributed by atoms with Gasteiger partial charge >= 0.3 is 0 Å². The second kappa shape index (κ2) is 6.93. The van der Waals surface area contributed by atoms with E-state index in [-0.39, 0.29) is 6.10 Å². The lowest BCUT2D eigenvalue weighted by atomic mass is 10.2. The van der Waals surface area contributed by atoms with Gasteiger partial charge in [-0.1, -0.05) is 0 Å². The molecule has 0 saturated carbocycles. The predicted octanol–water partition coefficient (Wildman–Crippen LogP) is 1.15. The fourth-order valence-corrected chi connectivity index (χ4v) is 2.04. The van der Waals surface area contributed by atoms with E-state index < -0.39 is 4.84 Å². The highest BCUT2D eigenvalue weighted by atomic mass is 35.5. The van der Waals surface area contributed by atoms with Crippen molar-refractivity contribution in [3.05, 3.63) is 0 Å². The zero-order chi connectivity index (χ0) is 8.69. The van der Waals surface area contributed by atoms with Gasteiger partial charge in [0.25, 0.3) is 0 Å². The molecule has 1 atom stereocenters. The lowest BCUT2D eigenvalue weighted by Crippen LogP contribution is -2.19. The molecule has 2 nitrogen and oxygen atoms in total. The second-order valence-corrected chi connectivity index (χ2v) is 3.79. The number of alkyl halides is 2. The zero-order valence-corrected chi connectivity index (χ0v) is 9.90. The average molecular weight is 212 g/mol. The van der Waals surface area contributed by atoms with Crippen LogP contribution in [0, 0.1) is 11.3 Å². The molecule has 0 N–H and O–H groups in total. The molecule has 0 saturated heterocycles. The Hall–Kier alpha value is 0.247. The van der Waals surface area contributed by atoms with Crippen LogP contribution in [0.4, 0.5) is 0 Å². The fourth-order valence-electron chi connectivity index (χ4n) is 0.729. The largest absolute Gasteiger partial charge is 0.422 e. The summed E-state index contributed by atoms with van der Waals surface area (Å²) in [6.45, 7) is 0. The summed E-state index contributed by atoms with van der Waals surface area (Å²) in [5, 5.41) is 8.24. The molecule has 0 spiro atoms. The third-order valence-corrected chi connectivity index (χ3v) is 2.53. The molecule has 0 aliphatic rings. The van der Waals surface area contributed by atoms with E-state index in [1.807, 2.05) is 0 Å². The van der Waals surface area contributed by atoms with Gasteiger partial charge in [0.2, 0.25) is 0 Å². The van der Waals surface area contributed by atoms with Crippen molar-refractivity contribution in [1.29, 1.82) is 5.26 Å². The van der Waals surface area contributed by atoms with Crippen molar-refractivity contribution >= 4 is 33.7 Å². The molecule has 0 heterocycles. The SMILES string of the molecule is N#CCCCC(O[SiH3])C(Cl)Cl. The number of unbranched alkanes of at least 4 members (excludes halogenated alkanes) is 1. The van der Waals surface area contributed by atoms with E-state index in [1.54, 1.807) is 0 Å². The monoisotopic (exact) mass is 211 g/mol. The maximum absolute atomic E-state index is 8.24. The van der Waals surface area contributed by atoms with E-state index in [0.29, 0.717) is 16.9 Å². The first-order valence-electron chi connectivity index (χ1n) is 3.40. The van der Waals surface area contributed by atoms with E-state index in [0.717, 1.165) is 12.8 Å². The van der Waals surface area contributed by atoms with E-state index in [2.05, 4.69) is 6.07 Å². The van der Waals surface area contributed by atoms with Gasteiger partial charge in [-0.3, -0.25) is 0 Å². The van der Waals surface area contributed by atoms with Crippen LogP contribution in [0.1, 0.15) is 19.3 Å². The summed E-state index contributed by atoms with van der Waals surface area (Å²) >= 11 is 11.2. The van der Waals surface area contributed by atoms with Gasteiger partial charge in [0.1, 0.15) is 15.3 Å².